The number of methoxy groups -OCH3 is 1. The zero-order valence-electron chi connectivity index (χ0n) is 11.8. The van der Waals surface area contributed by atoms with Crippen LogP contribution in [-0.4, -0.2) is 28.6 Å². The first kappa shape index (κ1) is 15.5. The van der Waals surface area contributed by atoms with Gasteiger partial charge in [0.2, 0.25) is 0 Å². The Hall–Kier alpha value is -0.580. The minimum atomic E-state index is -0.598. The SMILES string of the molecule is COCCC(C)C(O)c1c(C(C)C)nn(C)c1Cl. The monoisotopic (exact) mass is 274 g/mol. The number of hydrogen-bond acceptors (Lipinski definition) is 3. The molecule has 0 spiro atoms. The van der Waals surface area contributed by atoms with Crippen LogP contribution in [0, 0.1) is 5.92 Å². The van der Waals surface area contributed by atoms with Gasteiger partial charge >= 0.3 is 0 Å². The van der Waals surface area contributed by atoms with Gasteiger partial charge in [-0.2, -0.15) is 5.10 Å². The van der Waals surface area contributed by atoms with Crippen molar-refractivity contribution < 1.29 is 9.84 Å². The van der Waals surface area contributed by atoms with E-state index in [0.29, 0.717) is 11.8 Å². The fourth-order valence-corrected chi connectivity index (χ4v) is 2.23. The third-order valence-electron chi connectivity index (χ3n) is 3.20. The number of aliphatic hydroxyl groups excluding tert-OH is 1. The van der Waals surface area contributed by atoms with Crippen LogP contribution in [0.1, 0.15) is 50.5 Å². The molecule has 0 aliphatic carbocycles. The van der Waals surface area contributed by atoms with Gasteiger partial charge in [-0.1, -0.05) is 32.4 Å². The molecular weight excluding hydrogens is 252 g/mol. The van der Waals surface area contributed by atoms with Crippen molar-refractivity contribution in [1.82, 2.24) is 9.78 Å². The molecule has 0 saturated carbocycles. The predicted octanol–water partition coefficient (Wildman–Crippen LogP) is 2.90. The number of rotatable bonds is 6. The molecule has 1 rings (SSSR count). The van der Waals surface area contributed by atoms with Crippen molar-refractivity contribution in [2.75, 3.05) is 13.7 Å². The van der Waals surface area contributed by atoms with Crippen LogP contribution in [0.2, 0.25) is 5.15 Å². The normalized spacial score (nSPS) is 15.1. The average Bonchev–Trinajstić information content (AvgIpc) is 2.62. The molecule has 1 N–H and O–H groups in total. The Bertz CT molecular complexity index is 391. The van der Waals surface area contributed by atoms with Crippen LogP contribution in [0.3, 0.4) is 0 Å². The Morgan fingerprint density at radius 3 is 2.50 bits per heavy atom. The maximum atomic E-state index is 10.4. The minimum Gasteiger partial charge on any atom is -0.388 e. The van der Waals surface area contributed by atoms with Crippen LogP contribution in [0.4, 0.5) is 0 Å². The summed E-state index contributed by atoms with van der Waals surface area (Å²) in [6.07, 6.45) is 0.194. The van der Waals surface area contributed by atoms with Crippen molar-refractivity contribution in [2.45, 2.75) is 39.2 Å². The lowest BCUT2D eigenvalue weighted by atomic mass is 9.92. The lowest BCUT2D eigenvalue weighted by molar-refractivity contribution is 0.0878. The van der Waals surface area contributed by atoms with Gasteiger partial charge < -0.3 is 9.84 Å². The fraction of sp³-hybridized carbons (Fsp3) is 0.769. The summed E-state index contributed by atoms with van der Waals surface area (Å²) >= 11 is 6.24. The molecule has 0 amide bonds. The molecular formula is C13H23ClN2O2. The van der Waals surface area contributed by atoms with E-state index in [0.717, 1.165) is 17.7 Å². The Kier molecular flexibility index (Phi) is 5.63. The zero-order chi connectivity index (χ0) is 13.9. The van der Waals surface area contributed by atoms with Crippen molar-refractivity contribution in [3.8, 4) is 0 Å². The van der Waals surface area contributed by atoms with Crippen molar-refractivity contribution in [1.29, 1.82) is 0 Å². The summed E-state index contributed by atoms with van der Waals surface area (Å²) in [4.78, 5) is 0. The number of hydrogen-bond donors (Lipinski definition) is 1. The lowest BCUT2D eigenvalue weighted by Crippen LogP contribution is -2.13. The van der Waals surface area contributed by atoms with Gasteiger partial charge in [-0.25, -0.2) is 0 Å². The highest BCUT2D eigenvalue weighted by molar-refractivity contribution is 6.30. The van der Waals surface area contributed by atoms with Crippen molar-refractivity contribution in [3.63, 3.8) is 0 Å². The molecule has 0 radical (unpaired) electrons. The van der Waals surface area contributed by atoms with E-state index in [-0.39, 0.29) is 11.8 Å². The average molecular weight is 275 g/mol. The van der Waals surface area contributed by atoms with Crippen LogP contribution >= 0.6 is 11.6 Å². The number of nitrogens with zero attached hydrogens (tertiary/aromatic N) is 2. The predicted molar refractivity (Wildman–Crippen MR) is 72.9 cm³/mol. The third-order valence-corrected chi connectivity index (χ3v) is 3.65. The lowest BCUT2D eigenvalue weighted by Gasteiger charge is -2.20. The Morgan fingerprint density at radius 1 is 1.39 bits per heavy atom. The Balaban J connectivity index is 3.00. The highest BCUT2D eigenvalue weighted by atomic mass is 35.5. The molecule has 0 saturated heterocycles. The second kappa shape index (κ2) is 6.55. The Morgan fingerprint density at radius 2 is 2.00 bits per heavy atom. The minimum absolute atomic E-state index is 0.0872. The molecule has 4 nitrogen and oxygen atoms in total. The van der Waals surface area contributed by atoms with Crippen molar-refractivity contribution in [2.24, 2.45) is 13.0 Å². The molecule has 0 aliphatic heterocycles. The maximum Gasteiger partial charge on any atom is 0.132 e. The first-order chi connectivity index (χ1) is 8.40. The highest BCUT2D eigenvalue weighted by Gasteiger charge is 2.27. The van der Waals surface area contributed by atoms with Gasteiger partial charge in [0.1, 0.15) is 5.15 Å². The summed E-state index contributed by atoms with van der Waals surface area (Å²) in [7, 11) is 3.46. The molecule has 18 heavy (non-hydrogen) atoms. The second-order valence-corrected chi connectivity index (χ2v) is 5.43. The van der Waals surface area contributed by atoms with E-state index in [1.165, 1.54) is 0 Å². The first-order valence-corrected chi connectivity index (χ1v) is 6.67. The summed E-state index contributed by atoms with van der Waals surface area (Å²) < 4.78 is 6.67. The molecule has 1 heterocycles. The number of aromatic nitrogens is 2. The summed E-state index contributed by atoms with van der Waals surface area (Å²) in [6, 6.07) is 0. The summed E-state index contributed by atoms with van der Waals surface area (Å²) in [5, 5.41) is 15.4. The number of aliphatic hydroxyl groups is 1. The molecule has 0 aliphatic rings. The van der Waals surface area contributed by atoms with E-state index >= 15 is 0 Å². The van der Waals surface area contributed by atoms with E-state index in [4.69, 9.17) is 16.3 Å². The van der Waals surface area contributed by atoms with E-state index in [1.807, 2.05) is 6.92 Å². The molecule has 1 aromatic heterocycles. The molecule has 0 bridgehead atoms. The molecule has 0 fully saturated rings. The Labute approximate surface area is 114 Å². The largest absolute Gasteiger partial charge is 0.388 e. The smallest absolute Gasteiger partial charge is 0.132 e. The summed E-state index contributed by atoms with van der Waals surface area (Å²) in [5.41, 5.74) is 1.64. The van der Waals surface area contributed by atoms with E-state index in [9.17, 15) is 5.11 Å². The first-order valence-electron chi connectivity index (χ1n) is 6.29. The van der Waals surface area contributed by atoms with Crippen molar-refractivity contribution in [3.05, 3.63) is 16.4 Å². The zero-order valence-corrected chi connectivity index (χ0v) is 12.5. The topological polar surface area (TPSA) is 47.3 Å². The van der Waals surface area contributed by atoms with Gasteiger partial charge in [-0.05, 0) is 18.3 Å². The summed E-state index contributed by atoms with van der Waals surface area (Å²) in [5.74, 6) is 0.326. The van der Waals surface area contributed by atoms with Crippen LogP contribution in [-0.2, 0) is 11.8 Å². The quantitative estimate of drug-likeness (QED) is 0.868. The van der Waals surface area contributed by atoms with Crippen molar-refractivity contribution >= 4 is 11.6 Å². The van der Waals surface area contributed by atoms with Crippen LogP contribution in [0.25, 0.3) is 0 Å². The van der Waals surface area contributed by atoms with Gasteiger partial charge in [-0.15, -0.1) is 0 Å². The number of aryl methyl sites for hydroxylation is 1. The van der Waals surface area contributed by atoms with Crippen LogP contribution < -0.4 is 0 Å². The number of halogens is 1. The molecule has 104 valence electrons. The van der Waals surface area contributed by atoms with Crippen LogP contribution in [0.5, 0.6) is 0 Å². The maximum absolute atomic E-state index is 10.4. The summed E-state index contributed by atoms with van der Waals surface area (Å²) in [6.45, 7) is 6.73. The van der Waals surface area contributed by atoms with Crippen LogP contribution in [0.15, 0.2) is 0 Å². The third kappa shape index (κ3) is 3.25. The van der Waals surface area contributed by atoms with E-state index < -0.39 is 6.10 Å². The van der Waals surface area contributed by atoms with Gasteiger partial charge in [-0.3, -0.25) is 4.68 Å². The number of ether oxygens (including phenoxy) is 1. The standard InChI is InChI=1S/C13H23ClN2O2/c1-8(2)11-10(13(14)16(4)15-11)12(17)9(3)6-7-18-5/h8-9,12,17H,6-7H2,1-5H3. The highest BCUT2D eigenvalue weighted by Crippen LogP contribution is 2.35. The van der Waals surface area contributed by atoms with Gasteiger partial charge in [0.15, 0.2) is 0 Å². The molecule has 2 unspecified atom stereocenters. The van der Waals surface area contributed by atoms with E-state index in [2.05, 4.69) is 18.9 Å². The van der Waals surface area contributed by atoms with Gasteiger partial charge in [0, 0.05) is 26.3 Å². The second-order valence-electron chi connectivity index (χ2n) is 5.07. The van der Waals surface area contributed by atoms with Gasteiger partial charge in [0.05, 0.1) is 11.8 Å². The fourth-order valence-electron chi connectivity index (χ4n) is 1.99. The molecule has 5 heteroatoms. The molecule has 1 aromatic rings. The van der Waals surface area contributed by atoms with Gasteiger partial charge in [0.25, 0.3) is 0 Å². The molecule has 2 atom stereocenters. The molecule has 0 aromatic carbocycles. The van der Waals surface area contributed by atoms with E-state index in [1.54, 1.807) is 18.8 Å².